The minimum atomic E-state index is -0.0452. The molecule has 0 bridgehead atoms. The van der Waals surface area contributed by atoms with Gasteiger partial charge in [-0.3, -0.25) is 10.4 Å². The maximum absolute atomic E-state index is 4.51. The van der Waals surface area contributed by atoms with Crippen molar-refractivity contribution in [3.05, 3.63) is 5.62 Å². The van der Waals surface area contributed by atoms with E-state index in [0.717, 1.165) is 23.9 Å². The molecule has 0 saturated heterocycles. The summed E-state index contributed by atoms with van der Waals surface area (Å²) in [6.07, 6.45) is 8.03. The number of nitrogens with zero attached hydrogens (tertiary/aromatic N) is 4. The molecule has 1 aromatic heterocycles. The van der Waals surface area contributed by atoms with E-state index in [9.17, 15) is 0 Å². The molecule has 0 amide bonds. The number of aromatic nitrogens is 3. The van der Waals surface area contributed by atoms with Crippen LogP contribution in [0.4, 0.5) is 5.95 Å². The summed E-state index contributed by atoms with van der Waals surface area (Å²) in [5.74, 6) is 0.830. The van der Waals surface area contributed by atoms with Crippen LogP contribution in [0.15, 0.2) is 10.1 Å². The van der Waals surface area contributed by atoms with Crippen LogP contribution in [0.5, 0.6) is 0 Å². The van der Waals surface area contributed by atoms with Gasteiger partial charge in [0.15, 0.2) is 5.16 Å². The minimum Gasteiger partial charge on any atom is -0.330 e. The number of hydrogen-bond donors (Lipinski definition) is 2. The van der Waals surface area contributed by atoms with Gasteiger partial charge in [0.25, 0.3) is 0 Å². The Morgan fingerprint density at radius 2 is 2.06 bits per heavy atom. The molecule has 2 aliphatic rings. The second-order valence-electron chi connectivity index (χ2n) is 4.77. The van der Waals surface area contributed by atoms with Crippen molar-refractivity contribution in [2.24, 2.45) is 4.99 Å². The van der Waals surface area contributed by atoms with Gasteiger partial charge in [0, 0.05) is 7.05 Å². The lowest BCUT2D eigenvalue weighted by Gasteiger charge is -2.33. The van der Waals surface area contributed by atoms with E-state index in [-0.39, 0.29) is 5.66 Å². The Labute approximate surface area is 110 Å². The first-order chi connectivity index (χ1) is 8.76. The Kier molecular flexibility index (Phi) is 2.93. The Hall–Kier alpha value is -1.24. The van der Waals surface area contributed by atoms with Gasteiger partial charge in [-0.25, -0.2) is 0 Å². The number of fused-ring (bicyclic) bond motifs is 1. The van der Waals surface area contributed by atoms with Crippen LogP contribution in [0.1, 0.15) is 32.1 Å². The van der Waals surface area contributed by atoms with Crippen molar-refractivity contribution >= 4 is 17.7 Å². The van der Waals surface area contributed by atoms with E-state index in [0.29, 0.717) is 5.62 Å². The summed E-state index contributed by atoms with van der Waals surface area (Å²) in [6.45, 7) is 0. The smallest absolute Gasteiger partial charge is 0.249 e. The molecule has 18 heavy (non-hydrogen) atoms. The second-order valence-corrected chi connectivity index (χ2v) is 5.55. The van der Waals surface area contributed by atoms with E-state index in [1.54, 1.807) is 7.05 Å². The van der Waals surface area contributed by atoms with Crippen molar-refractivity contribution in [3.8, 4) is 0 Å². The highest BCUT2D eigenvalue weighted by atomic mass is 32.2. The minimum absolute atomic E-state index is 0.0452. The molecule has 7 heteroatoms. The van der Waals surface area contributed by atoms with Crippen LogP contribution in [0, 0.1) is 0 Å². The molecule has 1 spiro atoms. The largest absolute Gasteiger partial charge is 0.330 e. The molecule has 0 atom stereocenters. The van der Waals surface area contributed by atoms with Crippen molar-refractivity contribution in [1.82, 2.24) is 14.6 Å². The van der Waals surface area contributed by atoms with Crippen molar-refractivity contribution in [1.29, 1.82) is 0 Å². The molecule has 1 fully saturated rings. The number of rotatable bonds is 1. The third-order valence-electron chi connectivity index (χ3n) is 3.58. The van der Waals surface area contributed by atoms with Crippen molar-refractivity contribution in [2.75, 3.05) is 24.0 Å². The van der Waals surface area contributed by atoms with Crippen LogP contribution < -0.4 is 16.4 Å². The Bertz CT molecular complexity index is 517. The van der Waals surface area contributed by atoms with E-state index in [1.807, 2.05) is 10.9 Å². The molecule has 2 heterocycles. The summed E-state index contributed by atoms with van der Waals surface area (Å²) in [4.78, 5) is 13.1. The molecule has 3 rings (SSSR count). The van der Waals surface area contributed by atoms with Crippen molar-refractivity contribution < 1.29 is 0 Å². The fraction of sp³-hybridized carbons (Fsp3) is 0.727. The number of hydrogen-bond acceptors (Lipinski definition) is 6. The predicted octanol–water partition coefficient (Wildman–Crippen LogP) is 1.16. The molecule has 1 aliphatic heterocycles. The van der Waals surface area contributed by atoms with Gasteiger partial charge in [-0.15, -0.1) is 0 Å². The Morgan fingerprint density at radius 1 is 1.28 bits per heavy atom. The van der Waals surface area contributed by atoms with Gasteiger partial charge in [-0.1, -0.05) is 18.2 Å². The SMILES string of the molecule is CN=c1nc(SC)nc2n1NC1(CCCCC1)N2. The average molecular weight is 266 g/mol. The Morgan fingerprint density at radius 3 is 2.72 bits per heavy atom. The molecule has 6 nitrogen and oxygen atoms in total. The maximum Gasteiger partial charge on any atom is 0.249 e. The molecular formula is C11H18N6S. The van der Waals surface area contributed by atoms with Gasteiger partial charge < -0.3 is 5.32 Å². The van der Waals surface area contributed by atoms with Crippen molar-refractivity contribution in [2.45, 2.75) is 42.9 Å². The number of anilines is 1. The lowest BCUT2D eigenvalue weighted by molar-refractivity contribution is 0.352. The van der Waals surface area contributed by atoms with Gasteiger partial charge in [0.1, 0.15) is 5.66 Å². The maximum atomic E-state index is 4.51. The molecule has 0 unspecified atom stereocenters. The monoisotopic (exact) mass is 266 g/mol. The average Bonchev–Trinajstić information content (AvgIpc) is 2.75. The third kappa shape index (κ3) is 1.86. The molecule has 1 saturated carbocycles. The highest BCUT2D eigenvalue weighted by molar-refractivity contribution is 7.98. The molecule has 98 valence electrons. The first-order valence-corrected chi connectivity index (χ1v) is 7.53. The van der Waals surface area contributed by atoms with E-state index in [2.05, 4.69) is 25.7 Å². The first kappa shape index (κ1) is 11.8. The van der Waals surface area contributed by atoms with E-state index in [4.69, 9.17) is 0 Å². The number of thioether (sulfide) groups is 1. The van der Waals surface area contributed by atoms with Crippen LogP contribution in [0.25, 0.3) is 0 Å². The van der Waals surface area contributed by atoms with Crippen LogP contribution in [-0.2, 0) is 0 Å². The zero-order valence-corrected chi connectivity index (χ0v) is 11.5. The van der Waals surface area contributed by atoms with Gasteiger partial charge in [0.2, 0.25) is 11.6 Å². The van der Waals surface area contributed by atoms with Gasteiger partial charge in [-0.05, 0) is 31.9 Å². The van der Waals surface area contributed by atoms with Crippen LogP contribution in [0.3, 0.4) is 0 Å². The lowest BCUT2D eigenvalue weighted by atomic mass is 9.90. The summed E-state index contributed by atoms with van der Waals surface area (Å²) >= 11 is 1.54. The summed E-state index contributed by atoms with van der Waals surface area (Å²) < 4.78 is 1.88. The molecule has 1 aromatic rings. The highest BCUT2D eigenvalue weighted by Gasteiger charge is 2.38. The summed E-state index contributed by atoms with van der Waals surface area (Å²) in [6, 6.07) is 0. The molecule has 0 aromatic carbocycles. The molecule has 0 radical (unpaired) electrons. The quantitative estimate of drug-likeness (QED) is 0.747. The summed E-state index contributed by atoms with van der Waals surface area (Å²) in [7, 11) is 1.76. The lowest BCUT2D eigenvalue weighted by Crippen LogP contribution is -2.47. The highest BCUT2D eigenvalue weighted by Crippen LogP contribution is 2.33. The summed E-state index contributed by atoms with van der Waals surface area (Å²) in [5.41, 5.74) is 4.13. The molecular weight excluding hydrogens is 248 g/mol. The number of nitrogens with one attached hydrogen (secondary N) is 2. The fourth-order valence-electron chi connectivity index (χ4n) is 2.67. The summed E-state index contributed by atoms with van der Waals surface area (Å²) in [5, 5.41) is 4.28. The predicted molar refractivity (Wildman–Crippen MR) is 72.1 cm³/mol. The third-order valence-corrected chi connectivity index (χ3v) is 4.12. The first-order valence-electron chi connectivity index (χ1n) is 6.31. The molecule has 1 aliphatic carbocycles. The standard InChI is InChI=1S/C11H18N6S/c1-12-8-13-10(18-2)14-9-15-11(16-17(8)9)6-4-3-5-7-11/h16H,3-7H2,1-2H3,(H,12,13,14,15). The van der Waals surface area contributed by atoms with Crippen molar-refractivity contribution in [3.63, 3.8) is 0 Å². The normalized spacial score (nSPS) is 21.6. The van der Waals surface area contributed by atoms with Crippen LogP contribution >= 0.6 is 11.8 Å². The fourth-order valence-corrected chi connectivity index (χ4v) is 3.02. The van der Waals surface area contributed by atoms with Gasteiger partial charge >= 0.3 is 0 Å². The van der Waals surface area contributed by atoms with Gasteiger partial charge in [-0.2, -0.15) is 14.6 Å². The van der Waals surface area contributed by atoms with E-state index >= 15 is 0 Å². The topological polar surface area (TPSA) is 67.1 Å². The van der Waals surface area contributed by atoms with E-state index in [1.165, 1.54) is 31.0 Å². The van der Waals surface area contributed by atoms with E-state index < -0.39 is 0 Å². The molecule has 2 N–H and O–H groups in total. The zero-order chi connectivity index (χ0) is 12.6. The van der Waals surface area contributed by atoms with Crippen LogP contribution in [0.2, 0.25) is 0 Å². The Balaban J connectivity index is 2.01. The zero-order valence-electron chi connectivity index (χ0n) is 10.7. The second kappa shape index (κ2) is 4.46. The van der Waals surface area contributed by atoms with Gasteiger partial charge in [0.05, 0.1) is 0 Å². The van der Waals surface area contributed by atoms with Crippen LogP contribution in [-0.4, -0.2) is 33.6 Å².